The highest BCUT2D eigenvalue weighted by atomic mass is 16.7. The Bertz CT molecular complexity index is 1710. The van der Waals surface area contributed by atoms with E-state index in [4.69, 9.17) is 18.9 Å². The lowest BCUT2D eigenvalue weighted by atomic mass is 10.0. The molecule has 0 saturated carbocycles. The van der Waals surface area contributed by atoms with Gasteiger partial charge in [0.25, 0.3) is 6.29 Å². The van der Waals surface area contributed by atoms with Gasteiger partial charge in [0.1, 0.15) is 13.2 Å². The molecular formula is C73H126NO8+. The van der Waals surface area contributed by atoms with Gasteiger partial charge < -0.3 is 28.5 Å². The number of allylic oxidation sites excluding steroid dienone is 18. The molecule has 0 aliphatic carbocycles. The number of aliphatic carboxylic acids is 1. The molecule has 0 aliphatic heterocycles. The minimum atomic E-state index is -1.52. The molecule has 0 fully saturated rings. The van der Waals surface area contributed by atoms with Crippen molar-refractivity contribution < 1.29 is 42.9 Å². The van der Waals surface area contributed by atoms with Gasteiger partial charge in [-0.2, -0.15) is 0 Å². The predicted octanol–water partition coefficient (Wildman–Crippen LogP) is 20.6. The van der Waals surface area contributed by atoms with Gasteiger partial charge in [-0.15, -0.1) is 0 Å². The quantitative estimate of drug-likeness (QED) is 0.0211. The molecule has 0 aromatic carbocycles. The van der Waals surface area contributed by atoms with Crippen LogP contribution in [0.4, 0.5) is 0 Å². The summed E-state index contributed by atoms with van der Waals surface area (Å²) in [5.41, 5.74) is 0. The Hall–Kier alpha value is -4.05. The van der Waals surface area contributed by atoms with Gasteiger partial charge in [0, 0.05) is 12.8 Å². The second-order valence-corrected chi connectivity index (χ2v) is 23.4. The Morgan fingerprint density at radius 1 is 0.378 bits per heavy atom. The van der Waals surface area contributed by atoms with Crippen LogP contribution in [0, 0.1) is 0 Å². The highest BCUT2D eigenvalue weighted by molar-refractivity contribution is 5.71. The first kappa shape index (κ1) is 78.0. The average molecular weight is 1150 g/mol. The molecule has 470 valence electrons. The minimum Gasteiger partial charge on any atom is -0.477 e. The molecular weight excluding hydrogens is 1020 g/mol. The number of carboxylic acids is 1. The normalized spacial score (nSPS) is 13.4. The third kappa shape index (κ3) is 63.5. The summed E-state index contributed by atoms with van der Waals surface area (Å²) in [7, 11) is 5.97. The zero-order valence-electron chi connectivity index (χ0n) is 53.6. The average Bonchev–Trinajstić information content (AvgIpc) is 3.47. The fourth-order valence-electron chi connectivity index (χ4n) is 9.18. The van der Waals surface area contributed by atoms with Crippen LogP contribution in [0.3, 0.4) is 0 Å². The smallest absolute Gasteiger partial charge is 0.361 e. The number of carbonyl (C=O) groups is 3. The number of nitrogens with zero attached hydrogens (tertiary/aromatic N) is 1. The topological polar surface area (TPSA) is 108 Å². The van der Waals surface area contributed by atoms with Crippen LogP contribution >= 0.6 is 0 Å². The third-order valence-corrected chi connectivity index (χ3v) is 14.3. The third-order valence-electron chi connectivity index (χ3n) is 14.3. The van der Waals surface area contributed by atoms with E-state index in [1.165, 1.54) is 141 Å². The van der Waals surface area contributed by atoms with Gasteiger partial charge in [-0.3, -0.25) is 9.59 Å². The largest absolute Gasteiger partial charge is 0.477 e. The Morgan fingerprint density at radius 3 is 1.04 bits per heavy atom. The zero-order valence-corrected chi connectivity index (χ0v) is 53.6. The van der Waals surface area contributed by atoms with Gasteiger partial charge in [0.05, 0.1) is 34.4 Å². The molecule has 2 atom stereocenters. The van der Waals surface area contributed by atoms with Crippen molar-refractivity contribution >= 4 is 17.9 Å². The van der Waals surface area contributed by atoms with E-state index in [1.807, 2.05) is 21.1 Å². The van der Waals surface area contributed by atoms with E-state index in [1.54, 1.807) is 0 Å². The van der Waals surface area contributed by atoms with E-state index in [0.29, 0.717) is 23.9 Å². The Kier molecular flexibility index (Phi) is 59.9. The lowest BCUT2D eigenvalue weighted by molar-refractivity contribution is -0.870. The van der Waals surface area contributed by atoms with Crippen molar-refractivity contribution in [3.63, 3.8) is 0 Å². The van der Waals surface area contributed by atoms with E-state index in [-0.39, 0.29) is 32.2 Å². The molecule has 0 rings (SSSR count). The fourth-order valence-corrected chi connectivity index (χ4v) is 9.18. The molecule has 0 bridgehead atoms. The second-order valence-electron chi connectivity index (χ2n) is 23.4. The first-order valence-corrected chi connectivity index (χ1v) is 33.6. The van der Waals surface area contributed by atoms with Crippen molar-refractivity contribution in [1.82, 2.24) is 0 Å². The van der Waals surface area contributed by atoms with E-state index in [2.05, 4.69) is 123 Å². The van der Waals surface area contributed by atoms with Crippen molar-refractivity contribution in [2.45, 2.75) is 289 Å². The van der Waals surface area contributed by atoms with Gasteiger partial charge in [-0.05, 0) is 83.5 Å². The number of rotatable bonds is 61. The highest BCUT2D eigenvalue weighted by Gasteiger charge is 2.25. The molecule has 9 heteroatoms. The molecule has 0 amide bonds. The maximum absolute atomic E-state index is 12.9. The van der Waals surface area contributed by atoms with E-state index >= 15 is 0 Å². The summed E-state index contributed by atoms with van der Waals surface area (Å²) in [4.78, 5) is 37.6. The van der Waals surface area contributed by atoms with Crippen LogP contribution in [0.1, 0.15) is 277 Å². The van der Waals surface area contributed by atoms with Crippen molar-refractivity contribution in [3.8, 4) is 0 Å². The molecule has 1 N–H and O–H groups in total. The van der Waals surface area contributed by atoms with Crippen LogP contribution in [0.15, 0.2) is 109 Å². The lowest BCUT2D eigenvalue weighted by Gasteiger charge is -2.25. The van der Waals surface area contributed by atoms with Crippen molar-refractivity contribution in [2.75, 3.05) is 47.5 Å². The number of carboxylic acid groups (broad SMARTS) is 1. The SMILES string of the molecule is CC/C=C\C/C=C\C/C=C\C/C=C\C/C=C\C/C=C\C/C=C\C/C=C\C/C=C\CCCCCCCCCCCC(=O)OC(COC(=O)CCCCCCCCCCCCCCCCCCCCCC)COC(OCC[N+](C)(C)C)C(=O)O. The summed E-state index contributed by atoms with van der Waals surface area (Å²) in [6, 6.07) is 0. The summed E-state index contributed by atoms with van der Waals surface area (Å²) >= 11 is 0. The first-order valence-electron chi connectivity index (χ1n) is 33.6. The number of hydrogen-bond donors (Lipinski definition) is 1. The second kappa shape index (κ2) is 63.0. The summed E-state index contributed by atoms with van der Waals surface area (Å²) in [5, 5.41) is 9.73. The van der Waals surface area contributed by atoms with Crippen LogP contribution in [0.5, 0.6) is 0 Å². The van der Waals surface area contributed by atoms with E-state index in [9.17, 15) is 19.5 Å². The first-order chi connectivity index (χ1) is 40.1. The van der Waals surface area contributed by atoms with Crippen LogP contribution in [0.25, 0.3) is 0 Å². The summed E-state index contributed by atoms with van der Waals surface area (Å²) in [5.74, 6) is -2.01. The molecule has 0 aromatic heterocycles. The zero-order chi connectivity index (χ0) is 59.8. The van der Waals surface area contributed by atoms with Gasteiger partial charge in [-0.1, -0.05) is 290 Å². The van der Waals surface area contributed by atoms with Crippen molar-refractivity contribution in [1.29, 1.82) is 0 Å². The van der Waals surface area contributed by atoms with Crippen LogP contribution in [-0.4, -0.2) is 87.4 Å². The van der Waals surface area contributed by atoms with E-state index < -0.39 is 24.3 Å². The molecule has 82 heavy (non-hydrogen) atoms. The standard InChI is InChI=1S/C73H125NO8/c1-6-8-10-12-14-16-18-20-22-24-26-28-29-30-31-32-33-34-35-36-37-38-39-40-41-42-43-44-46-48-50-52-54-56-58-60-62-64-71(76)82-69(68-81-73(72(77)78)79-66-65-74(3,4)5)67-80-70(75)63-61-59-57-55-53-51-49-47-45-27-25-23-21-19-17-15-13-11-9-7-2/h8,10,14,16,20,22,26,28,30-31,33-34,36-37,39-40,42-43,69,73H,6-7,9,11-13,15,17-19,21,23-25,27,29,32,35,38,41,44-68H2,1-5H3/p+1/b10-8-,16-14-,22-20-,28-26-,31-30-,34-33-,37-36-,40-39-,43-42-. The van der Waals surface area contributed by atoms with E-state index in [0.717, 1.165) is 103 Å². The van der Waals surface area contributed by atoms with Crippen LogP contribution in [0.2, 0.25) is 0 Å². The minimum absolute atomic E-state index is 0.183. The Balaban J connectivity index is 4.17. The molecule has 0 spiro atoms. The number of unbranched alkanes of at least 4 members (excludes halogenated alkanes) is 28. The Labute approximate surface area is 505 Å². The molecule has 0 aliphatic rings. The molecule has 0 aromatic rings. The number of esters is 2. The fraction of sp³-hybridized carbons (Fsp3) is 0.712. The van der Waals surface area contributed by atoms with Gasteiger partial charge >= 0.3 is 17.9 Å². The summed E-state index contributed by atoms with van der Waals surface area (Å²) in [6.45, 7) is 4.78. The van der Waals surface area contributed by atoms with Gasteiger partial charge in [-0.25, -0.2) is 4.79 Å². The van der Waals surface area contributed by atoms with Crippen molar-refractivity contribution in [2.24, 2.45) is 0 Å². The molecule has 0 heterocycles. The summed E-state index contributed by atoms with van der Waals surface area (Å²) in [6.07, 6.45) is 84.7. The summed E-state index contributed by atoms with van der Waals surface area (Å²) < 4.78 is 22.9. The van der Waals surface area contributed by atoms with Crippen LogP contribution in [-0.2, 0) is 33.3 Å². The number of ether oxygens (including phenoxy) is 4. The number of hydrogen-bond acceptors (Lipinski definition) is 7. The Morgan fingerprint density at radius 2 is 0.695 bits per heavy atom. The van der Waals surface area contributed by atoms with Gasteiger partial charge in [0.15, 0.2) is 6.10 Å². The molecule has 0 saturated heterocycles. The lowest BCUT2D eigenvalue weighted by Crippen LogP contribution is -2.40. The van der Waals surface area contributed by atoms with Crippen molar-refractivity contribution in [3.05, 3.63) is 109 Å². The monoisotopic (exact) mass is 1140 g/mol. The number of carbonyl (C=O) groups excluding carboxylic acids is 2. The predicted molar refractivity (Wildman–Crippen MR) is 350 cm³/mol. The maximum Gasteiger partial charge on any atom is 0.361 e. The number of quaternary nitrogens is 1. The van der Waals surface area contributed by atoms with Gasteiger partial charge in [0.2, 0.25) is 0 Å². The maximum atomic E-state index is 12.9. The van der Waals surface area contributed by atoms with Crippen LogP contribution < -0.4 is 0 Å². The molecule has 0 radical (unpaired) electrons. The molecule has 2 unspecified atom stereocenters. The number of likely N-dealkylation sites (N-methyl/N-ethyl adjacent to an activating group) is 1. The molecule has 9 nitrogen and oxygen atoms in total. The highest BCUT2D eigenvalue weighted by Crippen LogP contribution is 2.17.